The van der Waals surface area contributed by atoms with E-state index in [-0.39, 0.29) is 17.5 Å². The molecule has 9 nitrogen and oxygen atoms in total. The Morgan fingerprint density at radius 3 is 2.67 bits per heavy atom. The molecule has 0 unspecified atom stereocenters. The fourth-order valence-electron chi connectivity index (χ4n) is 1.09. The van der Waals surface area contributed by atoms with E-state index >= 15 is 0 Å². The second-order valence-electron chi connectivity index (χ2n) is 3.18. The second-order valence-corrected chi connectivity index (χ2v) is 4.12. The third-order valence-electron chi connectivity index (χ3n) is 1.89. The van der Waals surface area contributed by atoms with Gasteiger partial charge in [-0.1, -0.05) is 11.8 Å². The molecule has 0 bridgehead atoms. The standard InChI is InChI=1S/C8H9N5O4S/c1-12-8(9-10-11-12)18-4-7(16)17-13-5(14)2-3-6(13)15/h2-3,14-15H,4H2,1H3. The van der Waals surface area contributed by atoms with E-state index in [9.17, 15) is 15.0 Å². The number of tetrazole rings is 1. The van der Waals surface area contributed by atoms with Crippen molar-refractivity contribution in [3.63, 3.8) is 0 Å². The van der Waals surface area contributed by atoms with Crippen LogP contribution in [0.25, 0.3) is 0 Å². The van der Waals surface area contributed by atoms with Crippen molar-refractivity contribution in [1.29, 1.82) is 0 Å². The van der Waals surface area contributed by atoms with Crippen LogP contribution in [0.3, 0.4) is 0 Å². The van der Waals surface area contributed by atoms with Gasteiger partial charge in [0.15, 0.2) is 0 Å². The highest BCUT2D eigenvalue weighted by Crippen LogP contribution is 2.19. The molecule has 0 saturated heterocycles. The van der Waals surface area contributed by atoms with Crippen LogP contribution >= 0.6 is 11.8 Å². The van der Waals surface area contributed by atoms with E-state index in [2.05, 4.69) is 15.5 Å². The van der Waals surface area contributed by atoms with Crippen molar-refractivity contribution in [3.8, 4) is 11.8 Å². The molecule has 0 aliphatic rings. The lowest BCUT2D eigenvalue weighted by atomic mass is 10.6. The van der Waals surface area contributed by atoms with E-state index in [1.165, 1.54) is 16.8 Å². The summed E-state index contributed by atoms with van der Waals surface area (Å²) < 4.78 is 2.03. The first-order chi connectivity index (χ1) is 8.58. The molecule has 2 aromatic rings. The first kappa shape index (κ1) is 12.2. The highest BCUT2D eigenvalue weighted by Gasteiger charge is 2.14. The van der Waals surface area contributed by atoms with E-state index in [0.717, 1.165) is 11.8 Å². The quantitative estimate of drug-likeness (QED) is 0.692. The molecule has 10 heteroatoms. The number of aryl methyl sites for hydroxylation is 1. The van der Waals surface area contributed by atoms with Gasteiger partial charge in [-0.05, 0) is 10.4 Å². The number of aromatic nitrogens is 5. The molecule has 0 spiro atoms. The lowest BCUT2D eigenvalue weighted by molar-refractivity contribution is -0.142. The largest absolute Gasteiger partial charge is 0.492 e. The number of nitrogens with zero attached hydrogens (tertiary/aromatic N) is 5. The maximum atomic E-state index is 11.5. The lowest BCUT2D eigenvalue weighted by Gasteiger charge is -2.05. The summed E-state index contributed by atoms with van der Waals surface area (Å²) in [6, 6.07) is 2.39. The lowest BCUT2D eigenvalue weighted by Crippen LogP contribution is -2.21. The zero-order valence-corrected chi connectivity index (χ0v) is 10.0. The van der Waals surface area contributed by atoms with Crippen LogP contribution in [0.15, 0.2) is 17.3 Å². The Morgan fingerprint density at radius 2 is 2.11 bits per heavy atom. The number of carbonyl (C=O) groups excluding carboxylic acids is 1. The van der Waals surface area contributed by atoms with Crippen molar-refractivity contribution in [2.24, 2.45) is 7.05 Å². The number of carbonyl (C=O) groups is 1. The monoisotopic (exact) mass is 271 g/mol. The predicted molar refractivity (Wildman–Crippen MR) is 58.9 cm³/mol. The Hall–Kier alpha value is -2.23. The molecule has 18 heavy (non-hydrogen) atoms. The molecule has 0 amide bonds. The van der Waals surface area contributed by atoms with Crippen LogP contribution in [0, 0.1) is 0 Å². The van der Waals surface area contributed by atoms with Crippen LogP contribution in [-0.4, -0.2) is 46.9 Å². The van der Waals surface area contributed by atoms with Gasteiger partial charge in [-0.3, -0.25) is 0 Å². The third-order valence-corrected chi connectivity index (χ3v) is 2.88. The number of rotatable bonds is 4. The minimum atomic E-state index is -0.662. The molecule has 96 valence electrons. The Labute approximate surface area is 105 Å². The van der Waals surface area contributed by atoms with E-state index in [4.69, 9.17) is 4.84 Å². The molecule has 0 atom stereocenters. The number of aromatic hydroxyl groups is 2. The van der Waals surface area contributed by atoms with E-state index in [0.29, 0.717) is 9.89 Å². The molecule has 0 aromatic carbocycles. The van der Waals surface area contributed by atoms with Gasteiger partial charge in [0.1, 0.15) is 5.75 Å². The van der Waals surface area contributed by atoms with Gasteiger partial charge in [0.25, 0.3) is 0 Å². The Bertz CT molecular complexity index is 546. The van der Waals surface area contributed by atoms with Crippen molar-refractivity contribution in [2.45, 2.75) is 5.16 Å². The molecule has 2 heterocycles. The average molecular weight is 271 g/mol. The normalized spacial score (nSPS) is 10.5. The number of hydrogen-bond donors (Lipinski definition) is 2. The first-order valence-corrected chi connectivity index (χ1v) is 5.72. The van der Waals surface area contributed by atoms with Crippen molar-refractivity contribution >= 4 is 17.7 Å². The van der Waals surface area contributed by atoms with Gasteiger partial charge in [-0.25, -0.2) is 9.48 Å². The molecule has 2 aromatic heterocycles. The summed E-state index contributed by atoms with van der Waals surface area (Å²) in [5.74, 6) is -1.46. The minimum absolute atomic E-state index is 0.0642. The topological polar surface area (TPSA) is 115 Å². The van der Waals surface area contributed by atoms with Crippen LogP contribution in [0.4, 0.5) is 0 Å². The summed E-state index contributed by atoms with van der Waals surface area (Å²) >= 11 is 1.07. The molecule has 0 saturated carbocycles. The van der Waals surface area contributed by atoms with Gasteiger partial charge in [-0.15, -0.1) is 9.83 Å². The maximum Gasteiger partial charge on any atom is 0.343 e. The molecule has 0 aliphatic heterocycles. The fourth-order valence-corrected chi connectivity index (χ4v) is 1.71. The summed E-state index contributed by atoms with van der Waals surface area (Å²) in [6.45, 7) is 0. The highest BCUT2D eigenvalue weighted by atomic mass is 32.2. The second kappa shape index (κ2) is 4.96. The fraction of sp³-hybridized carbons (Fsp3) is 0.250. The van der Waals surface area contributed by atoms with Crippen LogP contribution in [0.2, 0.25) is 0 Å². The predicted octanol–water partition coefficient (Wildman–Crippen LogP) is -0.830. The first-order valence-electron chi connectivity index (χ1n) is 4.74. The summed E-state index contributed by atoms with van der Waals surface area (Å²) in [4.78, 5) is 16.2. The van der Waals surface area contributed by atoms with Crippen molar-refractivity contribution in [3.05, 3.63) is 12.1 Å². The number of hydrogen-bond acceptors (Lipinski definition) is 8. The Morgan fingerprint density at radius 1 is 1.44 bits per heavy atom. The van der Waals surface area contributed by atoms with Gasteiger partial charge in [0.05, 0.1) is 0 Å². The smallest absolute Gasteiger partial charge is 0.343 e. The minimum Gasteiger partial charge on any atom is -0.492 e. The summed E-state index contributed by atoms with van der Waals surface area (Å²) in [5.41, 5.74) is 0. The van der Waals surface area contributed by atoms with Crippen LogP contribution in [0.5, 0.6) is 11.8 Å². The van der Waals surface area contributed by atoms with E-state index in [1.54, 1.807) is 7.05 Å². The van der Waals surface area contributed by atoms with Gasteiger partial charge >= 0.3 is 5.97 Å². The Kier molecular flexibility index (Phi) is 3.37. The molecule has 2 N–H and O–H groups in total. The third kappa shape index (κ3) is 2.53. The molecular weight excluding hydrogens is 262 g/mol. The summed E-state index contributed by atoms with van der Waals surface area (Å²) in [5, 5.41) is 29.6. The van der Waals surface area contributed by atoms with Crippen LogP contribution < -0.4 is 4.84 Å². The van der Waals surface area contributed by atoms with Crippen molar-refractivity contribution < 1.29 is 19.8 Å². The molecule has 0 fully saturated rings. The highest BCUT2D eigenvalue weighted by molar-refractivity contribution is 7.99. The van der Waals surface area contributed by atoms with E-state index in [1.807, 2.05) is 0 Å². The SMILES string of the molecule is Cn1nnnc1SCC(=O)On1c(O)ccc1O. The Balaban J connectivity index is 1.92. The summed E-state index contributed by atoms with van der Waals surface area (Å²) in [6.07, 6.45) is 0. The van der Waals surface area contributed by atoms with Crippen molar-refractivity contribution in [1.82, 2.24) is 24.9 Å². The molecule has 2 rings (SSSR count). The molecule has 0 aliphatic carbocycles. The average Bonchev–Trinajstić information content (AvgIpc) is 2.87. The van der Waals surface area contributed by atoms with Gasteiger partial charge < -0.3 is 15.1 Å². The van der Waals surface area contributed by atoms with Crippen molar-refractivity contribution in [2.75, 3.05) is 5.75 Å². The van der Waals surface area contributed by atoms with E-state index < -0.39 is 5.97 Å². The summed E-state index contributed by atoms with van der Waals surface area (Å²) in [7, 11) is 1.64. The molecular formula is C8H9N5O4S. The molecule has 0 radical (unpaired) electrons. The zero-order chi connectivity index (χ0) is 13.1. The number of thioether (sulfide) groups is 1. The van der Waals surface area contributed by atoms with Crippen LogP contribution in [-0.2, 0) is 11.8 Å². The van der Waals surface area contributed by atoms with Gasteiger partial charge in [0, 0.05) is 19.2 Å². The van der Waals surface area contributed by atoms with Gasteiger partial charge in [-0.2, -0.15) is 0 Å². The van der Waals surface area contributed by atoms with Crippen LogP contribution in [0.1, 0.15) is 0 Å². The zero-order valence-electron chi connectivity index (χ0n) is 9.22. The maximum absolute atomic E-state index is 11.5. The van der Waals surface area contributed by atoms with Gasteiger partial charge in [0.2, 0.25) is 16.9 Å².